The highest BCUT2D eigenvalue weighted by Gasteiger charge is 2.16. The van der Waals surface area contributed by atoms with Gasteiger partial charge in [-0.25, -0.2) is 18.1 Å². The molecule has 19 heavy (non-hydrogen) atoms. The summed E-state index contributed by atoms with van der Waals surface area (Å²) in [6, 6.07) is 1.60. The van der Waals surface area contributed by atoms with E-state index in [1.54, 1.807) is 17.6 Å². The quantitative estimate of drug-likeness (QED) is 0.849. The molecule has 0 atom stereocenters. The van der Waals surface area contributed by atoms with Crippen molar-refractivity contribution in [3.05, 3.63) is 32.4 Å². The van der Waals surface area contributed by atoms with Crippen LogP contribution in [-0.4, -0.2) is 13.4 Å². The monoisotopic (exact) mass is 317 g/mol. The van der Waals surface area contributed by atoms with Crippen molar-refractivity contribution in [3.8, 4) is 0 Å². The molecule has 0 saturated carbocycles. The fraction of sp³-hybridized carbons (Fsp3) is 0.364. The minimum Gasteiger partial charge on any atom is -0.326 e. The molecule has 0 saturated heterocycles. The summed E-state index contributed by atoms with van der Waals surface area (Å²) in [4.78, 5) is 6.45. The van der Waals surface area contributed by atoms with Crippen LogP contribution in [0.5, 0.6) is 0 Å². The molecule has 0 aliphatic carbocycles. The number of thiophene rings is 1. The van der Waals surface area contributed by atoms with Gasteiger partial charge in [-0.05, 0) is 12.5 Å². The van der Waals surface area contributed by atoms with Crippen molar-refractivity contribution >= 4 is 32.7 Å². The first-order chi connectivity index (χ1) is 9.05. The van der Waals surface area contributed by atoms with Gasteiger partial charge in [0.25, 0.3) is 0 Å². The van der Waals surface area contributed by atoms with Crippen LogP contribution in [0.3, 0.4) is 0 Å². The van der Waals surface area contributed by atoms with Crippen LogP contribution in [0.15, 0.2) is 22.5 Å². The van der Waals surface area contributed by atoms with Gasteiger partial charge in [0.1, 0.15) is 5.01 Å². The lowest BCUT2D eigenvalue weighted by molar-refractivity contribution is 0.581. The van der Waals surface area contributed by atoms with Crippen molar-refractivity contribution in [2.24, 2.45) is 5.73 Å². The molecule has 0 amide bonds. The molecule has 0 aliphatic rings. The van der Waals surface area contributed by atoms with Crippen molar-refractivity contribution < 1.29 is 8.42 Å². The fourth-order valence-corrected chi connectivity index (χ4v) is 4.48. The molecule has 0 radical (unpaired) electrons. The number of hydrogen-bond acceptors (Lipinski definition) is 6. The highest BCUT2D eigenvalue weighted by atomic mass is 32.2. The Morgan fingerprint density at radius 2 is 2.21 bits per heavy atom. The van der Waals surface area contributed by atoms with Crippen molar-refractivity contribution in [2.45, 2.75) is 31.3 Å². The summed E-state index contributed by atoms with van der Waals surface area (Å²) in [5.41, 5.74) is 5.48. The number of aryl methyl sites for hydroxylation is 1. The standard InChI is InChI=1S/C11H15N3O2S3/c1-2-8-5-13-11(18-8)6-14-19(15,16)10-3-9(4-12)17-7-10/h3,5,7,14H,2,4,6,12H2,1H3. The Bertz CT molecular complexity index is 646. The van der Waals surface area contributed by atoms with E-state index < -0.39 is 10.0 Å². The van der Waals surface area contributed by atoms with Crippen LogP contribution in [0, 0.1) is 0 Å². The van der Waals surface area contributed by atoms with Gasteiger partial charge >= 0.3 is 0 Å². The van der Waals surface area contributed by atoms with Crippen LogP contribution in [-0.2, 0) is 29.5 Å². The SMILES string of the molecule is CCc1cnc(CNS(=O)(=O)c2csc(CN)c2)s1. The maximum atomic E-state index is 12.0. The van der Waals surface area contributed by atoms with Crippen molar-refractivity contribution in [2.75, 3.05) is 0 Å². The smallest absolute Gasteiger partial charge is 0.241 e. The number of nitrogens with two attached hydrogens (primary N) is 1. The van der Waals surface area contributed by atoms with E-state index in [0.717, 1.165) is 21.2 Å². The molecule has 2 aromatic heterocycles. The average Bonchev–Trinajstić information content (AvgIpc) is 3.05. The molecule has 5 nitrogen and oxygen atoms in total. The van der Waals surface area contributed by atoms with Crippen LogP contribution < -0.4 is 10.5 Å². The van der Waals surface area contributed by atoms with Gasteiger partial charge in [0.2, 0.25) is 10.0 Å². The van der Waals surface area contributed by atoms with Crippen LogP contribution in [0.2, 0.25) is 0 Å². The summed E-state index contributed by atoms with van der Waals surface area (Å²) in [6.45, 7) is 2.62. The predicted molar refractivity (Wildman–Crippen MR) is 77.7 cm³/mol. The summed E-state index contributed by atoms with van der Waals surface area (Å²) >= 11 is 2.87. The summed E-state index contributed by atoms with van der Waals surface area (Å²) in [6.07, 6.45) is 2.69. The molecule has 0 aliphatic heterocycles. The fourth-order valence-electron chi connectivity index (χ4n) is 1.44. The van der Waals surface area contributed by atoms with E-state index in [1.807, 2.05) is 6.92 Å². The first-order valence-electron chi connectivity index (χ1n) is 5.76. The second-order valence-electron chi connectivity index (χ2n) is 3.85. The van der Waals surface area contributed by atoms with Gasteiger partial charge in [-0.2, -0.15) is 0 Å². The van der Waals surface area contributed by atoms with E-state index in [2.05, 4.69) is 9.71 Å². The molecular formula is C11H15N3O2S3. The van der Waals surface area contributed by atoms with Crippen molar-refractivity contribution in [1.29, 1.82) is 0 Å². The van der Waals surface area contributed by atoms with Gasteiger partial charge in [0.15, 0.2) is 0 Å². The Balaban J connectivity index is 2.05. The van der Waals surface area contributed by atoms with Gasteiger partial charge in [-0.15, -0.1) is 22.7 Å². The number of thiazole rings is 1. The van der Waals surface area contributed by atoms with E-state index in [1.165, 1.54) is 22.7 Å². The molecule has 3 N–H and O–H groups in total. The molecule has 0 unspecified atom stereocenters. The molecule has 8 heteroatoms. The van der Waals surface area contributed by atoms with Gasteiger partial charge < -0.3 is 5.73 Å². The van der Waals surface area contributed by atoms with E-state index >= 15 is 0 Å². The molecule has 2 aromatic rings. The van der Waals surface area contributed by atoms with Crippen LogP contribution in [0.25, 0.3) is 0 Å². The van der Waals surface area contributed by atoms with Gasteiger partial charge in [-0.1, -0.05) is 6.92 Å². The highest BCUT2D eigenvalue weighted by Crippen LogP contribution is 2.19. The summed E-state index contributed by atoms with van der Waals surface area (Å²) < 4.78 is 26.6. The maximum Gasteiger partial charge on any atom is 0.241 e. The summed E-state index contributed by atoms with van der Waals surface area (Å²) in [7, 11) is -3.47. The minimum absolute atomic E-state index is 0.223. The second-order valence-corrected chi connectivity index (χ2v) is 7.81. The Labute approximate surface area is 120 Å². The lowest BCUT2D eigenvalue weighted by Crippen LogP contribution is -2.22. The van der Waals surface area contributed by atoms with E-state index in [0.29, 0.717) is 6.54 Å². The van der Waals surface area contributed by atoms with E-state index in [4.69, 9.17) is 5.73 Å². The van der Waals surface area contributed by atoms with Crippen molar-refractivity contribution in [1.82, 2.24) is 9.71 Å². The first-order valence-corrected chi connectivity index (χ1v) is 8.94. The molecule has 104 valence electrons. The van der Waals surface area contributed by atoms with Gasteiger partial charge in [-0.3, -0.25) is 0 Å². The lowest BCUT2D eigenvalue weighted by Gasteiger charge is -2.02. The molecule has 0 spiro atoms. The second kappa shape index (κ2) is 6.10. The first kappa shape index (κ1) is 14.6. The highest BCUT2D eigenvalue weighted by molar-refractivity contribution is 7.89. The molecule has 2 rings (SSSR count). The van der Waals surface area contributed by atoms with Crippen LogP contribution in [0.1, 0.15) is 21.7 Å². The largest absolute Gasteiger partial charge is 0.326 e. The number of aromatic nitrogens is 1. The molecule has 2 heterocycles. The predicted octanol–water partition coefficient (Wildman–Crippen LogP) is 1.70. The van der Waals surface area contributed by atoms with Crippen molar-refractivity contribution in [3.63, 3.8) is 0 Å². The number of nitrogens with zero attached hydrogens (tertiary/aromatic N) is 1. The number of nitrogens with one attached hydrogen (secondary N) is 1. The average molecular weight is 317 g/mol. The summed E-state index contributed by atoms with van der Waals surface area (Å²) in [5, 5.41) is 2.37. The van der Waals surface area contributed by atoms with Crippen LogP contribution in [0.4, 0.5) is 0 Å². The lowest BCUT2D eigenvalue weighted by atomic mass is 10.4. The maximum absolute atomic E-state index is 12.0. The normalized spacial score (nSPS) is 11.9. The molecule has 0 aromatic carbocycles. The number of sulfonamides is 1. The Morgan fingerprint density at radius 1 is 1.42 bits per heavy atom. The number of hydrogen-bond donors (Lipinski definition) is 2. The number of rotatable bonds is 6. The Hall–Kier alpha value is -0.800. The van der Waals surface area contributed by atoms with Crippen LogP contribution >= 0.6 is 22.7 Å². The zero-order chi connectivity index (χ0) is 13.9. The zero-order valence-corrected chi connectivity index (χ0v) is 12.9. The zero-order valence-electron chi connectivity index (χ0n) is 10.4. The molecular weight excluding hydrogens is 302 g/mol. The topological polar surface area (TPSA) is 85.1 Å². The third-order valence-electron chi connectivity index (χ3n) is 2.50. The minimum atomic E-state index is -3.47. The third kappa shape index (κ3) is 3.61. The Kier molecular flexibility index (Phi) is 4.69. The molecule has 0 fully saturated rings. The molecule has 0 bridgehead atoms. The third-order valence-corrected chi connectivity index (χ3v) is 6.14. The Morgan fingerprint density at radius 3 is 2.79 bits per heavy atom. The van der Waals surface area contributed by atoms with Gasteiger partial charge in [0, 0.05) is 27.9 Å². The van der Waals surface area contributed by atoms with Gasteiger partial charge in [0.05, 0.1) is 11.4 Å². The van der Waals surface area contributed by atoms with E-state index in [-0.39, 0.29) is 11.4 Å². The summed E-state index contributed by atoms with van der Waals surface area (Å²) in [5.74, 6) is 0. The van der Waals surface area contributed by atoms with E-state index in [9.17, 15) is 8.42 Å².